The van der Waals surface area contributed by atoms with Crippen molar-refractivity contribution in [3.05, 3.63) is 50.5 Å². The van der Waals surface area contributed by atoms with Gasteiger partial charge >= 0.3 is 0 Å². The van der Waals surface area contributed by atoms with Crippen molar-refractivity contribution in [1.29, 1.82) is 0 Å². The molecule has 0 spiro atoms. The summed E-state index contributed by atoms with van der Waals surface area (Å²) in [5, 5.41) is 3.29. The Morgan fingerprint density at radius 1 is 1.00 bits per heavy atom. The van der Waals surface area contributed by atoms with Crippen molar-refractivity contribution in [3.63, 3.8) is 0 Å². The molecule has 0 fully saturated rings. The Kier molecular flexibility index (Phi) is 3.84. The summed E-state index contributed by atoms with van der Waals surface area (Å²) in [5.74, 6) is 0.827. The Balaban J connectivity index is 2.31. The summed E-state index contributed by atoms with van der Waals surface area (Å²) in [6.07, 6.45) is 1.85. The summed E-state index contributed by atoms with van der Waals surface area (Å²) in [4.78, 5) is 4.36. The number of halogens is 2. The van der Waals surface area contributed by atoms with Crippen LogP contribution in [-0.4, -0.2) is 4.98 Å². The van der Waals surface area contributed by atoms with Crippen LogP contribution in [0, 0.1) is 13.8 Å². The summed E-state index contributed by atoms with van der Waals surface area (Å²) >= 11 is 6.99. The Hall–Kier alpha value is -0.870. The molecule has 1 heterocycles. The molecule has 0 aliphatic heterocycles. The number of hydrogen-bond donors (Lipinski definition) is 1. The Morgan fingerprint density at radius 3 is 2.41 bits per heavy atom. The van der Waals surface area contributed by atoms with Gasteiger partial charge in [-0.15, -0.1) is 0 Å². The fourth-order valence-electron chi connectivity index (χ4n) is 1.57. The summed E-state index contributed by atoms with van der Waals surface area (Å²) < 4.78 is 2.03. The van der Waals surface area contributed by atoms with Crippen LogP contribution in [0.3, 0.4) is 0 Å². The van der Waals surface area contributed by atoms with Gasteiger partial charge in [0.2, 0.25) is 0 Å². The molecule has 0 radical (unpaired) electrons. The second kappa shape index (κ2) is 5.19. The van der Waals surface area contributed by atoms with E-state index < -0.39 is 0 Å². The molecule has 2 rings (SSSR count). The first-order chi connectivity index (χ1) is 8.04. The number of aromatic nitrogens is 1. The summed E-state index contributed by atoms with van der Waals surface area (Å²) in [7, 11) is 0. The van der Waals surface area contributed by atoms with Gasteiger partial charge in [-0.05, 0) is 65.2 Å². The van der Waals surface area contributed by atoms with Gasteiger partial charge in [0.15, 0.2) is 0 Å². The lowest BCUT2D eigenvalue weighted by atomic mass is 10.2. The van der Waals surface area contributed by atoms with Crippen LogP contribution >= 0.6 is 31.9 Å². The molecule has 1 aromatic heterocycles. The van der Waals surface area contributed by atoms with Crippen molar-refractivity contribution in [2.24, 2.45) is 0 Å². The zero-order valence-corrected chi connectivity index (χ0v) is 12.8. The fraction of sp³-hybridized carbons (Fsp3) is 0.154. The number of aryl methyl sites for hydroxylation is 2. The van der Waals surface area contributed by atoms with Crippen LogP contribution < -0.4 is 5.32 Å². The molecular weight excluding hydrogens is 344 g/mol. The number of nitrogens with one attached hydrogen (secondary N) is 1. The molecule has 0 aliphatic carbocycles. The van der Waals surface area contributed by atoms with Gasteiger partial charge in [-0.1, -0.05) is 15.9 Å². The van der Waals surface area contributed by atoms with Gasteiger partial charge in [0.05, 0.1) is 4.47 Å². The van der Waals surface area contributed by atoms with Crippen molar-refractivity contribution in [2.75, 3.05) is 5.32 Å². The van der Waals surface area contributed by atoms with E-state index in [1.807, 2.05) is 25.3 Å². The second-order valence-electron chi connectivity index (χ2n) is 3.99. The molecule has 88 valence electrons. The van der Waals surface area contributed by atoms with E-state index in [0.717, 1.165) is 26.0 Å². The number of nitrogens with zero attached hydrogens (tertiary/aromatic N) is 1. The third kappa shape index (κ3) is 3.30. The maximum Gasteiger partial charge on any atom is 0.144 e. The van der Waals surface area contributed by atoms with Crippen LogP contribution in [0.4, 0.5) is 11.5 Å². The van der Waals surface area contributed by atoms with Crippen LogP contribution in [-0.2, 0) is 0 Å². The SMILES string of the molecule is Cc1cc(Br)cc(Nc2ncc(C)cc2Br)c1. The third-order valence-corrected chi connectivity index (χ3v) is 3.35. The molecular formula is C13H12Br2N2. The normalized spacial score (nSPS) is 10.4. The Labute approximate surface area is 118 Å². The van der Waals surface area contributed by atoms with Crippen molar-refractivity contribution in [1.82, 2.24) is 4.98 Å². The predicted octanol–water partition coefficient (Wildman–Crippen LogP) is 4.97. The molecule has 2 nitrogen and oxygen atoms in total. The molecule has 0 amide bonds. The zero-order valence-electron chi connectivity index (χ0n) is 9.59. The van der Waals surface area contributed by atoms with Gasteiger partial charge in [-0.25, -0.2) is 4.98 Å². The second-order valence-corrected chi connectivity index (χ2v) is 5.76. The highest BCUT2D eigenvalue weighted by molar-refractivity contribution is 9.10. The van der Waals surface area contributed by atoms with Gasteiger partial charge in [-0.2, -0.15) is 0 Å². The predicted molar refractivity (Wildman–Crippen MR) is 78.8 cm³/mol. The van der Waals surface area contributed by atoms with E-state index >= 15 is 0 Å². The number of rotatable bonds is 2. The first kappa shape index (κ1) is 12.6. The molecule has 0 saturated heterocycles. The first-order valence-electron chi connectivity index (χ1n) is 5.21. The summed E-state index contributed by atoms with van der Waals surface area (Å²) in [5.41, 5.74) is 3.35. The third-order valence-electron chi connectivity index (χ3n) is 2.28. The molecule has 0 saturated carbocycles. The number of pyridine rings is 1. The quantitative estimate of drug-likeness (QED) is 0.822. The fourth-order valence-corrected chi connectivity index (χ4v) is 2.74. The molecule has 0 unspecified atom stereocenters. The maximum absolute atomic E-state index is 4.36. The highest BCUT2D eigenvalue weighted by Crippen LogP contribution is 2.26. The van der Waals surface area contributed by atoms with E-state index in [0.29, 0.717) is 0 Å². The number of hydrogen-bond acceptors (Lipinski definition) is 2. The summed E-state index contributed by atoms with van der Waals surface area (Å²) in [6, 6.07) is 8.22. The van der Waals surface area contributed by atoms with E-state index in [1.54, 1.807) is 0 Å². The van der Waals surface area contributed by atoms with Gasteiger partial charge in [-0.3, -0.25) is 0 Å². The number of anilines is 2. The standard InChI is InChI=1S/C13H12Br2N2/c1-8-3-10(14)6-11(4-8)17-13-12(15)5-9(2)7-16-13/h3-7H,1-2H3,(H,16,17). The lowest BCUT2D eigenvalue weighted by Crippen LogP contribution is -1.95. The average molecular weight is 356 g/mol. The minimum Gasteiger partial charge on any atom is -0.339 e. The summed E-state index contributed by atoms with van der Waals surface area (Å²) in [6.45, 7) is 4.08. The first-order valence-corrected chi connectivity index (χ1v) is 6.79. The monoisotopic (exact) mass is 354 g/mol. The average Bonchev–Trinajstić information content (AvgIpc) is 2.21. The largest absolute Gasteiger partial charge is 0.339 e. The minimum absolute atomic E-state index is 0.827. The molecule has 1 N–H and O–H groups in total. The Morgan fingerprint density at radius 2 is 1.76 bits per heavy atom. The van der Waals surface area contributed by atoms with Gasteiger partial charge in [0.1, 0.15) is 5.82 Å². The van der Waals surface area contributed by atoms with Crippen LogP contribution in [0.1, 0.15) is 11.1 Å². The van der Waals surface area contributed by atoms with E-state index in [1.165, 1.54) is 5.56 Å². The highest BCUT2D eigenvalue weighted by atomic mass is 79.9. The Bertz CT molecular complexity index is 533. The smallest absolute Gasteiger partial charge is 0.144 e. The van der Waals surface area contributed by atoms with E-state index in [2.05, 4.69) is 61.2 Å². The highest BCUT2D eigenvalue weighted by Gasteiger charge is 2.03. The van der Waals surface area contributed by atoms with Crippen LogP contribution in [0.5, 0.6) is 0 Å². The van der Waals surface area contributed by atoms with Gasteiger partial charge < -0.3 is 5.32 Å². The van der Waals surface area contributed by atoms with Crippen molar-refractivity contribution in [3.8, 4) is 0 Å². The molecule has 1 aromatic carbocycles. The van der Waals surface area contributed by atoms with Crippen molar-refractivity contribution < 1.29 is 0 Å². The van der Waals surface area contributed by atoms with E-state index in [-0.39, 0.29) is 0 Å². The van der Waals surface area contributed by atoms with E-state index in [4.69, 9.17) is 0 Å². The lowest BCUT2D eigenvalue weighted by Gasteiger charge is -2.09. The molecule has 2 aromatic rings. The molecule has 17 heavy (non-hydrogen) atoms. The molecule has 4 heteroatoms. The minimum atomic E-state index is 0.827. The van der Waals surface area contributed by atoms with Gasteiger partial charge in [0, 0.05) is 16.4 Å². The van der Waals surface area contributed by atoms with Crippen LogP contribution in [0.2, 0.25) is 0 Å². The molecule has 0 atom stereocenters. The maximum atomic E-state index is 4.36. The van der Waals surface area contributed by atoms with Crippen molar-refractivity contribution in [2.45, 2.75) is 13.8 Å². The van der Waals surface area contributed by atoms with Crippen LogP contribution in [0.25, 0.3) is 0 Å². The van der Waals surface area contributed by atoms with Crippen LogP contribution in [0.15, 0.2) is 39.4 Å². The molecule has 0 bridgehead atoms. The molecule has 0 aliphatic rings. The van der Waals surface area contributed by atoms with E-state index in [9.17, 15) is 0 Å². The van der Waals surface area contributed by atoms with Gasteiger partial charge in [0.25, 0.3) is 0 Å². The van der Waals surface area contributed by atoms with Crippen molar-refractivity contribution >= 4 is 43.4 Å². The lowest BCUT2D eigenvalue weighted by molar-refractivity contribution is 1.24. The topological polar surface area (TPSA) is 24.9 Å². The zero-order chi connectivity index (χ0) is 12.4. The number of benzene rings is 1.